The topological polar surface area (TPSA) is 49.9 Å². The van der Waals surface area contributed by atoms with Crippen LogP contribution in [0.5, 0.6) is 5.75 Å². The Balaban J connectivity index is 1.50. The van der Waals surface area contributed by atoms with Crippen LogP contribution in [0, 0.1) is 5.82 Å². The van der Waals surface area contributed by atoms with Crippen molar-refractivity contribution in [3.05, 3.63) is 66.0 Å². The molecule has 0 aliphatic carbocycles. The van der Waals surface area contributed by atoms with Crippen molar-refractivity contribution in [1.82, 2.24) is 9.80 Å². The standard InChI is InChI=1S/C23H25FN2O3/c24-18-8-6-7-17(13-18)14-22(27)26-16-20(29-19-9-2-1-3-10-19)15-21(26)23(28)25-11-4-5-12-25/h1-3,6-10,13,20-21H,4-5,11-12,14-16H2/t20-,21-/m0/s1. The smallest absolute Gasteiger partial charge is 0.245 e. The third-order valence-corrected chi connectivity index (χ3v) is 5.58. The van der Waals surface area contributed by atoms with E-state index in [9.17, 15) is 14.0 Å². The molecule has 152 valence electrons. The van der Waals surface area contributed by atoms with Crippen molar-refractivity contribution in [3.8, 4) is 5.75 Å². The molecule has 2 aliphatic rings. The van der Waals surface area contributed by atoms with E-state index < -0.39 is 6.04 Å². The fourth-order valence-electron chi connectivity index (χ4n) is 4.16. The number of rotatable bonds is 5. The first-order chi connectivity index (χ1) is 14.1. The van der Waals surface area contributed by atoms with Gasteiger partial charge in [0.2, 0.25) is 11.8 Å². The summed E-state index contributed by atoms with van der Waals surface area (Å²) in [6.45, 7) is 1.84. The molecular formula is C23H25FN2O3. The number of ether oxygens (including phenoxy) is 1. The third-order valence-electron chi connectivity index (χ3n) is 5.58. The van der Waals surface area contributed by atoms with Crippen molar-refractivity contribution in [3.63, 3.8) is 0 Å². The highest BCUT2D eigenvalue weighted by Gasteiger charge is 2.42. The molecule has 5 nitrogen and oxygen atoms in total. The average Bonchev–Trinajstić information content (AvgIpc) is 3.39. The normalized spacial score (nSPS) is 21.4. The minimum Gasteiger partial charge on any atom is -0.488 e. The summed E-state index contributed by atoms with van der Waals surface area (Å²) in [4.78, 5) is 29.6. The second-order valence-corrected chi connectivity index (χ2v) is 7.69. The zero-order valence-corrected chi connectivity index (χ0v) is 16.3. The van der Waals surface area contributed by atoms with Gasteiger partial charge in [0.25, 0.3) is 0 Å². The van der Waals surface area contributed by atoms with Gasteiger partial charge in [-0.15, -0.1) is 0 Å². The summed E-state index contributed by atoms with van der Waals surface area (Å²) in [5, 5.41) is 0. The Morgan fingerprint density at radius 1 is 1.03 bits per heavy atom. The van der Waals surface area contributed by atoms with Gasteiger partial charge in [-0.2, -0.15) is 0 Å². The lowest BCUT2D eigenvalue weighted by Gasteiger charge is -2.27. The van der Waals surface area contributed by atoms with Crippen LogP contribution in [0.2, 0.25) is 0 Å². The zero-order chi connectivity index (χ0) is 20.2. The van der Waals surface area contributed by atoms with Gasteiger partial charge < -0.3 is 14.5 Å². The van der Waals surface area contributed by atoms with Crippen LogP contribution in [-0.4, -0.2) is 53.4 Å². The highest BCUT2D eigenvalue weighted by Crippen LogP contribution is 2.26. The van der Waals surface area contributed by atoms with E-state index in [2.05, 4.69) is 0 Å². The van der Waals surface area contributed by atoms with Crippen LogP contribution in [0.25, 0.3) is 0 Å². The molecule has 2 amide bonds. The lowest BCUT2D eigenvalue weighted by atomic mass is 10.1. The molecular weight excluding hydrogens is 371 g/mol. The first-order valence-corrected chi connectivity index (χ1v) is 10.1. The summed E-state index contributed by atoms with van der Waals surface area (Å²) in [6.07, 6.45) is 2.29. The van der Waals surface area contributed by atoms with Gasteiger partial charge >= 0.3 is 0 Å². The molecule has 0 bridgehead atoms. The molecule has 6 heteroatoms. The van der Waals surface area contributed by atoms with Gasteiger partial charge in [0.15, 0.2) is 0 Å². The predicted molar refractivity (Wildman–Crippen MR) is 107 cm³/mol. The van der Waals surface area contributed by atoms with Crippen molar-refractivity contribution < 1.29 is 18.7 Å². The molecule has 2 aromatic carbocycles. The van der Waals surface area contributed by atoms with Gasteiger partial charge in [0.1, 0.15) is 23.7 Å². The summed E-state index contributed by atoms with van der Waals surface area (Å²) < 4.78 is 19.5. The predicted octanol–water partition coefficient (Wildman–Crippen LogP) is 3.04. The quantitative estimate of drug-likeness (QED) is 0.781. The maximum absolute atomic E-state index is 13.5. The molecule has 29 heavy (non-hydrogen) atoms. The number of halogens is 1. The summed E-state index contributed by atoms with van der Waals surface area (Å²) in [5.41, 5.74) is 0.606. The van der Waals surface area contributed by atoms with Crippen LogP contribution < -0.4 is 4.74 Å². The molecule has 0 unspecified atom stereocenters. The van der Waals surface area contributed by atoms with E-state index in [1.807, 2.05) is 35.2 Å². The number of carbonyl (C=O) groups is 2. The van der Waals surface area contributed by atoms with E-state index in [-0.39, 0.29) is 30.2 Å². The van der Waals surface area contributed by atoms with E-state index in [0.717, 1.165) is 31.7 Å². The molecule has 0 saturated carbocycles. The van der Waals surface area contributed by atoms with Gasteiger partial charge in [-0.05, 0) is 42.7 Å². The van der Waals surface area contributed by atoms with Crippen molar-refractivity contribution in [2.24, 2.45) is 0 Å². The Kier molecular flexibility index (Phi) is 5.79. The molecule has 2 fully saturated rings. The molecule has 2 aromatic rings. The van der Waals surface area contributed by atoms with Crippen LogP contribution in [-0.2, 0) is 16.0 Å². The number of para-hydroxylation sites is 1. The van der Waals surface area contributed by atoms with Crippen molar-refractivity contribution in [1.29, 1.82) is 0 Å². The molecule has 0 aromatic heterocycles. The van der Waals surface area contributed by atoms with E-state index in [0.29, 0.717) is 18.5 Å². The van der Waals surface area contributed by atoms with Crippen LogP contribution in [0.1, 0.15) is 24.8 Å². The molecule has 0 spiro atoms. The average molecular weight is 396 g/mol. The molecule has 2 atom stereocenters. The minimum absolute atomic E-state index is 0.00532. The number of benzene rings is 2. The van der Waals surface area contributed by atoms with Crippen molar-refractivity contribution in [2.75, 3.05) is 19.6 Å². The van der Waals surface area contributed by atoms with Gasteiger partial charge in [-0.25, -0.2) is 4.39 Å². The van der Waals surface area contributed by atoms with E-state index in [4.69, 9.17) is 4.74 Å². The van der Waals surface area contributed by atoms with Crippen LogP contribution in [0.3, 0.4) is 0 Å². The SMILES string of the molecule is O=C([C@@H]1C[C@H](Oc2ccccc2)CN1C(=O)Cc1cccc(F)c1)N1CCCC1. The van der Waals surface area contributed by atoms with Gasteiger partial charge in [-0.1, -0.05) is 30.3 Å². The highest BCUT2D eigenvalue weighted by atomic mass is 19.1. The van der Waals surface area contributed by atoms with Gasteiger partial charge in [-0.3, -0.25) is 9.59 Å². The van der Waals surface area contributed by atoms with Crippen LogP contribution >= 0.6 is 0 Å². The molecule has 0 N–H and O–H groups in total. The second kappa shape index (κ2) is 8.64. The Labute approximate surface area is 170 Å². The summed E-state index contributed by atoms with van der Waals surface area (Å²) in [5.74, 6) is 0.178. The monoisotopic (exact) mass is 396 g/mol. The Bertz CT molecular complexity index is 867. The lowest BCUT2D eigenvalue weighted by Crippen LogP contribution is -2.47. The molecule has 4 rings (SSSR count). The fourth-order valence-corrected chi connectivity index (χ4v) is 4.16. The second-order valence-electron chi connectivity index (χ2n) is 7.69. The first-order valence-electron chi connectivity index (χ1n) is 10.1. The number of carbonyl (C=O) groups excluding carboxylic acids is 2. The fraction of sp³-hybridized carbons (Fsp3) is 0.391. The first kappa shape index (κ1) is 19.4. The van der Waals surface area contributed by atoms with E-state index in [1.165, 1.54) is 12.1 Å². The number of nitrogens with zero attached hydrogens (tertiary/aromatic N) is 2. The Morgan fingerprint density at radius 3 is 2.52 bits per heavy atom. The summed E-state index contributed by atoms with van der Waals surface area (Å²) in [7, 11) is 0. The largest absolute Gasteiger partial charge is 0.488 e. The number of hydrogen-bond donors (Lipinski definition) is 0. The lowest BCUT2D eigenvalue weighted by molar-refractivity contribution is -0.142. The van der Waals surface area contributed by atoms with Crippen LogP contribution in [0.15, 0.2) is 54.6 Å². The third kappa shape index (κ3) is 4.58. The molecule has 0 radical (unpaired) electrons. The molecule has 2 aliphatic heterocycles. The molecule has 2 heterocycles. The summed E-state index contributed by atoms with van der Waals surface area (Å²) >= 11 is 0. The summed E-state index contributed by atoms with van der Waals surface area (Å²) in [6, 6.07) is 15.0. The van der Waals surface area contributed by atoms with Gasteiger partial charge in [0, 0.05) is 19.5 Å². The number of amides is 2. The molecule has 2 saturated heterocycles. The Hall–Kier alpha value is -2.89. The van der Waals surface area contributed by atoms with Crippen molar-refractivity contribution >= 4 is 11.8 Å². The maximum Gasteiger partial charge on any atom is 0.245 e. The number of likely N-dealkylation sites (tertiary alicyclic amines) is 2. The van der Waals surface area contributed by atoms with Crippen LogP contribution in [0.4, 0.5) is 4.39 Å². The Morgan fingerprint density at radius 2 is 1.79 bits per heavy atom. The minimum atomic E-state index is -0.525. The number of hydrogen-bond acceptors (Lipinski definition) is 3. The van der Waals surface area contributed by atoms with Crippen molar-refractivity contribution in [2.45, 2.75) is 37.8 Å². The van der Waals surface area contributed by atoms with Gasteiger partial charge in [0.05, 0.1) is 13.0 Å². The maximum atomic E-state index is 13.5. The highest BCUT2D eigenvalue weighted by molar-refractivity contribution is 5.89. The van der Waals surface area contributed by atoms with E-state index in [1.54, 1.807) is 17.0 Å². The van der Waals surface area contributed by atoms with E-state index >= 15 is 0 Å². The zero-order valence-electron chi connectivity index (χ0n) is 16.3.